The number of aliphatic hydroxyl groups excluding tert-OH is 1. The molecule has 0 spiro atoms. The first-order valence-corrected chi connectivity index (χ1v) is 24.0. The van der Waals surface area contributed by atoms with E-state index in [1.165, 1.54) is 6.20 Å². The van der Waals surface area contributed by atoms with Crippen LogP contribution >= 0.6 is 0 Å². The number of benzene rings is 3. The molecule has 67 heavy (non-hydrogen) atoms. The van der Waals surface area contributed by atoms with Crippen LogP contribution in [0.1, 0.15) is 63.9 Å². The lowest BCUT2D eigenvalue weighted by Gasteiger charge is -2.44. The summed E-state index contributed by atoms with van der Waals surface area (Å²) in [4.78, 5) is 54.5. The lowest BCUT2D eigenvalue weighted by Crippen LogP contribution is -2.55. The molecule has 352 valence electrons. The number of nitrogens with zero attached hydrogens (tertiary/aromatic N) is 6. The first-order chi connectivity index (χ1) is 32.1. The number of fused-ring (bicyclic) bond motifs is 2. The van der Waals surface area contributed by atoms with E-state index < -0.39 is 69.5 Å². The Kier molecular flexibility index (Phi) is 11.7. The van der Waals surface area contributed by atoms with Gasteiger partial charge in [0.15, 0.2) is 5.82 Å². The van der Waals surface area contributed by atoms with E-state index in [1.807, 2.05) is 47.2 Å². The van der Waals surface area contributed by atoms with Crippen molar-refractivity contribution >= 4 is 55.9 Å². The number of nitrogens with one attached hydrogen (secondary N) is 3. The van der Waals surface area contributed by atoms with Crippen LogP contribution in [0.25, 0.3) is 22.2 Å². The molecule has 2 unspecified atom stereocenters. The highest BCUT2D eigenvalue weighted by Gasteiger charge is 2.40. The number of halogens is 3. The molecule has 5 aliphatic heterocycles. The molecule has 5 aromatic rings. The fraction of sp³-hybridized carbons (Fsp3) is 0.404. The molecule has 0 radical (unpaired) electrons. The molecule has 5 N–H and O–H groups in total. The molecule has 7 heterocycles. The molecule has 3 aromatic carbocycles. The highest BCUT2D eigenvalue weighted by Crippen LogP contribution is 2.35. The fourth-order valence-electron chi connectivity index (χ4n) is 10.1. The summed E-state index contributed by atoms with van der Waals surface area (Å²) < 4.78 is 73.1. The van der Waals surface area contributed by atoms with Crippen LogP contribution in [0.3, 0.4) is 0 Å². The molecule has 16 nitrogen and oxygen atoms in total. The summed E-state index contributed by atoms with van der Waals surface area (Å²) in [6.45, 7) is 4.80. The summed E-state index contributed by atoms with van der Waals surface area (Å²) in [5.41, 5.74) is 2.77. The third-order valence-corrected chi connectivity index (χ3v) is 15.4. The van der Waals surface area contributed by atoms with Crippen LogP contribution in [-0.4, -0.2) is 143 Å². The number of piperazine rings is 1. The van der Waals surface area contributed by atoms with Gasteiger partial charge in [-0.05, 0) is 85.3 Å². The van der Waals surface area contributed by atoms with Crippen molar-refractivity contribution in [2.45, 2.75) is 62.7 Å². The predicted octanol–water partition coefficient (Wildman–Crippen LogP) is 4.15. The molecular weight excluding hydrogens is 892 g/mol. The SMILES string of the molecule is O=C1CCC(N2Cc3cc(N4CCC(O)(CN5CCN(c6ccc(-c7cnc8[nH]cc(C(=O)c9c(F)ccc(NS(=O)(=O)N%10CC[C@@H](F)C%10)c9F)c8c7)cc6)CC5)CC4)ccc3C2=O)C(O)N1. The van der Waals surface area contributed by atoms with Crippen LogP contribution in [0.5, 0.6) is 0 Å². The summed E-state index contributed by atoms with van der Waals surface area (Å²) in [6.07, 6.45) is 2.34. The van der Waals surface area contributed by atoms with Crippen molar-refractivity contribution in [3.8, 4) is 11.1 Å². The number of rotatable bonds is 11. The summed E-state index contributed by atoms with van der Waals surface area (Å²) in [6, 6.07) is 16.6. The number of carbonyl (C=O) groups is 3. The molecule has 20 heteroatoms. The molecule has 4 saturated heterocycles. The normalized spacial score (nSPS) is 22.6. The molecule has 10 rings (SSSR count). The molecular formula is C47H50F3N9O7S. The average molecular weight is 942 g/mol. The van der Waals surface area contributed by atoms with Gasteiger partial charge < -0.3 is 35.2 Å². The quantitative estimate of drug-likeness (QED) is 0.120. The average Bonchev–Trinajstić information content (AvgIpc) is 4.04. The Hall–Kier alpha value is -6.06. The zero-order chi connectivity index (χ0) is 46.8. The summed E-state index contributed by atoms with van der Waals surface area (Å²) >= 11 is 0. The van der Waals surface area contributed by atoms with Crippen molar-refractivity contribution in [2.75, 3.05) is 73.4 Å². The van der Waals surface area contributed by atoms with Gasteiger partial charge in [-0.15, -0.1) is 0 Å². The van der Waals surface area contributed by atoms with E-state index in [-0.39, 0.29) is 36.8 Å². The van der Waals surface area contributed by atoms with Crippen LogP contribution in [-0.2, 0) is 21.5 Å². The number of aromatic nitrogens is 2. The van der Waals surface area contributed by atoms with Crippen molar-refractivity contribution in [3.05, 3.63) is 107 Å². The largest absolute Gasteiger partial charge is 0.388 e. The van der Waals surface area contributed by atoms with E-state index in [4.69, 9.17) is 0 Å². The number of hydrogen-bond acceptors (Lipinski definition) is 11. The molecule has 4 fully saturated rings. The maximum Gasteiger partial charge on any atom is 0.301 e. The van der Waals surface area contributed by atoms with Crippen LogP contribution in [0.15, 0.2) is 73.1 Å². The summed E-state index contributed by atoms with van der Waals surface area (Å²) in [7, 11) is -4.37. The second-order valence-corrected chi connectivity index (χ2v) is 19.9. The van der Waals surface area contributed by atoms with Gasteiger partial charge in [-0.1, -0.05) is 12.1 Å². The van der Waals surface area contributed by atoms with E-state index in [2.05, 4.69) is 30.0 Å². The highest BCUT2D eigenvalue weighted by atomic mass is 32.2. The lowest BCUT2D eigenvalue weighted by atomic mass is 9.90. The second-order valence-electron chi connectivity index (χ2n) is 18.2. The third kappa shape index (κ3) is 8.72. The molecule has 0 aliphatic carbocycles. The van der Waals surface area contributed by atoms with Gasteiger partial charge in [-0.25, -0.2) is 18.2 Å². The van der Waals surface area contributed by atoms with Gasteiger partial charge in [0.1, 0.15) is 23.9 Å². The predicted molar refractivity (Wildman–Crippen MR) is 243 cm³/mol. The van der Waals surface area contributed by atoms with E-state index in [1.54, 1.807) is 17.2 Å². The van der Waals surface area contributed by atoms with Crippen LogP contribution in [0, 0.1) is 11.6 Å². The maximum absolute atomic E-state index is 15.8. The van der Waals surface area contributed by atoms with Gasteiger partial charge >= 0.3 is 10.2 Å². The molecule has 0 saturated carbocycles. The number of carbonyl (C=O) groups excluding carboxylic acids is 3. The summed E-state index contributed by atoms with van der Waals surface area (Å²) in [5, 5.41) is 25.0. The van der Waals surface area contributed by atoms with Crippen molar-refractivity contribution in [1.82, 2.24) is 29.4 Å². The van der Waals surface area contributed by atoms with Crippen LogP contribution in [0.4, 0.5) is 30.2 Å². The van der Waals surface area contributed by atoms with Crippen LogP contribution in [0.2, 0.25) is 0 Å². The van der Waals surface area contributed by atoms with Gasteiger partial charge in [0, 0.05) is 118 Å². The van der Waals surface area contributed by atoms with Gasteiger partial charge in [-0.2, -0.15) is 12.7 Å². The molecule has 2 aromatic heterocycles. The third-order valence-electron chi connectivity index (χ3n) is 13.9. The zero-order valence-corrected chi connectivity index (χ0v) is 37.2. The minimum atomic E-state index is -4.37. The smallest absolute Gasteiger partial charge is 0.301 e. The summed E-state index contributed by atoms with van der Waals surface area (Å²) in [5.74, 6) is -3.95. The van der Waals surface area contributed by atoms with Crippen molar-refractivity contribution in [2.24, 2.45) is 0 Å². The Morgan fingerprint density at radius 3 is 2.34 bits per heavy atom. The minimum Gasteiger partial charge on any atom is -0.388 e. The first kappa shape index (κ1) is 44.8. The second kappa shape index (κ2) is 17.5. The maximum atomic E-state index is 15.8. The molecule has 2 amide bonds. The number of aliphatic hydroxyl groups is 2. The Bertz CT molecular complexity index is 2870. The number of piperidine rings is 2. The van der Waals surface area contributed by atoms with Crippen LogP contribution < -0.4 is 19.8 Å². The highest BCUT2D eigenvalue weighted by molar-refractivity contribution is 7.90. The van der Waals surface area contributed by atoms with E-state index >= 15 is 8.78 Å². The van der Waals surface area contributed by atoms with Crippen molar-refractivity contribution in [1.29, 1.82) is 0 Å². The lowest BCUT2D eigenvalue weighted by molar-refractivity contribution is -0.129. The molecule has 3 atom stereocenters. The van der Waals surface area contributed by atoms with E-state index in [9.17, 15) is 37.4 Å². The Balaban J connectivity index is 0.739. The number of pyridine rings is 1. The minimum absolute atomic E-state index is 0.00305. The number of alkyl halides is 1. The van der Waals surface area contributed by atoms with Gasteiger partial charge in [0.2, 0.25) is 11.7 Å². The van der Waals surface area contributed by atoms with Gasteiger partial charge in [0.05, 0.1) is 22.9 Å². The number of hydrogen-bond donors (Lipinski definition) is 5. The standard InChI is InChI=1S/C47H50F3N9O7S/c48-31-11-14-58(26-31)67(65,66)54-38-8-7-37(49)41(42(38)50)43(61)36-24-52-44-35(36)22-29(23-51-44)28-1-3-32(4-2-28)57-19-17-55(18-20-57)27-47(64)12-15-56(16-13-47)33-5-6-34-30(21-33)25-59(46(34)63)39-9-10-40(60)53-45(39)62/h1-8,21-24,31,39,45,54,62,64H,9-20,25-27H2,(H,51,52)(H,53,60)/t31-,39?,45?/m1/s1. The topological polar surface area (TPSA) is 195 Å². The number of β-amino-alcohol motifs (C(OH)–C–C–N with tert-alkyl or cyclic N) is 1. The van der Waals surface area contributed by atoms with Gasteiger partial charge in [-0.3, -0.25) is 24.0 Å². The number of ketones is 1. The molecule has 0 bridgehead atoms. The first-order valence-electron chi connectivity index (χ1n) is 22.5. The zero-order valence-electron chi connectivity index (χ0n) is 36.4. The number of anilines is 3. The number of amides is 2. The van der Waals surface area contributed by atoms with E-state index in [0.29, 0.717) is 67.6 Å². The van der Waals surface area contributed by atoms with Crippen molar-refractivity contribution in [3.63, 3.8) is 0 Å². The number of aromatic amines is 1. The molecule has 5 aliphatic rings. The van der Waals surface area contributed by atoms with Gasteiger partial charge in [0.25, 0.3) is 5.91 Å². The monoisotopic (exact) mass is 941 g/mol. The van der Waals surface area contributed by atoms with Crippen molar-refractivity contribution < 1.29 is 46.2 Å². The Morgan fingerprint density at radius 1 is 0.896 bits per heavy atom. The van der Waals surface area contributed by atoms with E-state index in [0.717, 1.165) is 65.1 Å². The fourth-order valence-corrected chi connectivity index (χ4v) is 11.4. The number of H-pyrrole nitrogens is 1. The Labute approximate surface area is 384 Å². The Morgan fingerprint density at radius 2 is 1.63 bits per heavy atom.